The normalized spacial score (nSPS) is 23.2. The van der Waals surface area contributed by atoms with Crippen molar-refractivity contribution in [2.24, 2.45) is 5.41 Å². The van der Waals surface area contributed by atoms with Gasteiger partial charge in [0, 0.05) is 6.54 Å². The number of nitrogens with one attached hydrogen (secondary N) is 1. The summed E-state index contributed by atoms with van der Waals surface area (Å²) in [6, 6.07) is 7.71. The maximum Gasteiger partial charge on any atom is 0.316 e. The summed E-state index contributed by atoms with van der Waals surface area (Å²) in [6.07, 6.45) is 1.59. The number of rotatable bonds is 6. The molecule has 1 heterocycles. The van der Waals surface area contributed by atoms with Crippen LogP contribution in [0.4, 0.5) is 0 Å². The summed E-state index contributed by atoms with van der Waals surface area (Å²) in [5.74, 6) is -2.12. The summed E-state index contributed by atoms with van der Waals surface area (Å²) < 4.78 is 2.67. The molecule has 0 spiro atoms. The van der Waals surface area contributed by atoms with Crippen LogP contribution in [0.5, 0.6) is 0 Å². The average Bonchev–Trinajstić information content (AvgIpc) is 2.94. The SMILES string of the molecule is C=CC[C@@]1(C(=O)OC)CN([C@@H](C)c2ccccc2)C(=O)[C@H]1NC(=O)C(Cl)(Cl)Cl. The van der Waals surface area contributed by atoms with Gasteiger partial charge in [-0.3, -0.25) is 14.4 Å². The Hall–Kier alpha value is -1.76. The van der Waals surface area contributed by atoms with E-state index in [1.54, 1.807) is 0 Å². The fraction of sp³-hybridized carbons (Fsp3) is 0.421. The summed E-state index contributed by atoms with van der Waals surface area (Å²) in [4.78, 5) is 39.7. The van der Waals surface area contributed by atoms with Gasteiger partial charge in [0.2, 0.25) is 5.91 Å². The minimum Gasteiger partial charge on any atom is -0.468 e. The van der Waals surface area contributed by atoms with Gasteiger partial charge in [-0.15, -0.1) is 6.58 Å². The van der Waals surface area contributed by atoms with E-state index in [0.717, 1.165) is 5.56 Å². The van der Waals surface area contributed by atoms with Crippen LogP contribution in [0, 0.1) is 5.41 Å². The van der Waals surface area contributed by atoms with Gasteiger partial charge in [-0.2, -0.15) is 0 Å². The van der Waals surface area contributed by atoms with Crippen molar-refractivity contribution in [3.05, 3.63) is 48.6 Å². The number of carbonyl (C=O) groups excluding carboxylic acids is 3. The molecule has 9 heteroatoms. The molecular weight excluding hydrogens is 427 g/mol. The molecule has 1 aliphatic heterocycles. The number of esters is 1. The largest absolute Gasteiger partial charge is 0.468 e. The second-order valence-corrected chi connectivity index (χ2v) is 8.88. The highest BCUT2D eigenvalue weighted by Gasteiger charge is 2.59. The van der Waals surface area contributed by atoms with Gasteiger partial charge in [0.05, 0.1) is 13.2 Å². The Morgan fingerprint density at radius 2 is 2.00 bits per heavy atom. The molecule has 3 atom stereocenters. The molecule has 0 aromatic heterocycles. The van der Waals surface area contributed by atoms with E-state index in [0.29, 0.717) is 0 Å². The van der Waals surface area contributed by atoms with Crippen LogP contribution >= 0.6 is 34.8 Å². The second-order valence-electron chi connectivity index (χ2n) is 6.60. The van der Waals surface area contributed by atoms with E-state index in [9.17, 15) is 14.4 Å². The maximum absolute atomic E-state index is 13.2. The number of nitrogens with zero attached hydrogens (tertiary/aromatic N) is 1. The summed E-state index contributed by atoms with van der Waals surface area (Å²) in [5, 5.41) is 2.42. The molecule has 2 amide bonds. The van der Waals surface area contributed by atoms with Gasteiger partial charge in [-0.1, -0.05) is 71.2 Å². The Morgan fingerprint density at radius 1 is 1.39 bits per heavy atom. The number of likely N-dealkylation sites (tertiary alicyclic amines) is 1. The number of amides is 2. The first-order valence-electron chi connectivity index (χ1n) is 8.51. The van der Waals surface area contributed by atoms with E-state index in [1.165, 1.54) is 18.1 Å². The Bertz CT molecular complexity index is 766. The van der Waals surface area contributed by atoms with Crippen LogP contribution in [0.1, 0.15) is 24.9 Å². The van der Waals surface area contributed by atoms with Crippen molar-refractivity contribution in [3.63, 3.8) is 0 Å². The lowest BCUT2D eigenvalue weighted by Gasteiger charge is -2.30. The molecule has 1 N–H and O–H groups in total. The fourth-order valence-electron chi connectivity index (χ4n) is 3.44. The molecular formula is C19H21Cl3N2O4. The predicted molar refractivity (Wildman–Crippen MR) is 108 cm³/mol. The summed E-state index contributed by atoms with van der Waals surface area (Å²) >= 11 is 16.9. The van der Waals surface area contributed by atoms with Crippen LogP contribution in [-0.2, 0) is 19.1 Å². The van der Waals surface area contributed by atoms with E-state index in [-0.39, 0.29) is 19.0 Å². The number of benzene rings is 1. The number of methoxy groups -OCH3 is 1. The zero-order valence-corrected chi connectivity index (χ0v) is 17.7. The minimum atomic E-state index is -2.28. The predicted octanol–water partition coefficient (Wildman–Crippen LogP) is 3.18. The Morgan fingerprint density at radius 3 is 2.50 bits per heavy atom. The quantitative estimate of drug-likeness (QED) is 0.413. The maximum atomic E-state index is 13.2. The van der Waals surface area contributed by atoms with Gasteiger partial charge < -0.3 is 15.0 Å². The van der Waals surface area contributed by atoms with Gasteiger partial charge in [0.15, 0.2) is 0 Å². The van der Waals surface area contributed by atoms with Crippen molar-refractivity contribution in [1.29, 1.82) is 0 Å². The van der Waals surface area contributed by atoms with Crippen molar-refractivity contribution in [3.8, 4) is 0 Å². The van der Waals surface area contributed by atoms with Crippen LogP contribution in [0.2, 0.25) is 0 Å². The molecule has 0 aliphatic carbocycles. The number of hydrogen-bond acceptors (Lipinski definition) is 4. The smallest absolute Gasteiger partial charge is 0.316 e. The monoisotopic (exact) mass is 446 g/mol. The molecule has 6 nitrogen and oxygen atoms in total. The van der Waals surface area contributed by atoms with Gasteiger partial charge in [0.25, 0.3) is 9.70 Å². The van der Waals surface area contributed by atoms with Gasteiger partial charge >= 0.3 is 5.97 Å². The van der Waals surface area contributed by atoms with Crippen LogP contribution in [-0.4, -0.2) is 46.2 Å². The van der Waals surface area contributed by atoms with Gasteiger partial charge in [-0.25, -0.2) is 0 Å². The Labute approximate surface area is 178 Å². The Balaban J connectivity index is 2.48. The molecule has 0 saturated carbocycles. The highest BCUT2D eigenvalue weighted by molar-refractivity contribution is 6.76. The number of alkyl halides is 3. The van der Waals surface area contributed by atoms with E-state index >= 15 is 0 Å². The van der Waals surface area contributed by atoms with Crippen LogP contribution in [0.3, 0.4) is 0 Å². The van der Waals surface area contributed by atoms with Crippen molar-refractivity contribution in [2.75, 3.05) is 13.7 Å². The zero-order valence-electron chi connectivity index (χ0n) is 15.5. The third-order valence-electron chi connectivity index (χ3n) is 4.92. The van der Waals surface area contributed by atoms with Crippen molar-refractivity contribution >= 4 is 52.6 Å². The van der Waals surface area contributed by atoms with E-state index in [1.807, 2.05) is 37.3 Å². The highest BCUT2D eigenvalue weighted by atomic mass is 35.6. The lowest BCUT2D eigenvalue weighted by molar-refractivity contribution is -0.154. The first-order valence-corrected chi connectivity index (χ1v) is 9.64. The summed E-state index contributed by atoms with van der Waals surface area (Å²) in [5.41, 5.74) is -0.510. The van der Waals surface area contributed by atoms with Crippen molar-refractivity contribution in [2.45, 2.75) is 29.2 Å². The van der Waals surface area contributed by atoms with Gasteiger partial charge in [-0.05, 0) is 18.9 Å². The summed E-state index contributed by atoms with van der Waals surface area (Å²) in [6.45, 7) is 5.53. The number of carbonyl (C=O) groups is 3. The third-order valence-corrected chi connectivity index (χ3v) is 5.43. The molecule has 0 radical (unpaired) electrons. The van der Waals surface area contributed by atoms with Crippen molar-refractivity contribution in [1.82, 2.24) is 10.2 Å². The molecule has 1 aromatic carbocycles. The lowest BCUT2D eigenvalue weighted by Crippen LogP contribution is -2.55. The molecule has 0 bridgehead atoms. The molecule has 1 aliphatic rings. The number of allylic oxidation sites excluding steroid dienone is 1. The van der Waals surface area contributed by atoms with Crippen LogP contribution in [0.25, 0.3) is 0 Å². The van der Waals surface area contributed by atoms with Crippen molar-refractivity contribution < 1.29 is 19.1 Å². The molecule has 0 unspecified atom stereocenters. The van der Waals surface area contributed by atoms with E-state index in [2.05, 4.69) is 11.9 Å². The van der Waals surface area contributed by atoms with Crippen LogP contribution in [0.15, 0.2) is 43.0 Å². The first-order chi connectivity index (χ1) is 13.1. The molecule has 1 fully saturated rings. The standard InChI is InChI=1S/C19H21Cl3N2O4/c1-4-10-18(17(27)28-3)11-24(12(2)13-8-6-5-7-9-13)15(25)14(18)23-16(26)19(20,21)22/h4-9,12,14H,1,10-11H2,2-3H3,(H,23,26)/t12-,14+,18+/m0/s1. The molecule has 1 aromatic rings. The number of ether oxygens (including phenoxy) is 1. The lowest BCUT2D eigenvalue weighted by atomic mass is 9.79. The van der Waals surface area contributed by atoms with E-state index in [4.69, 9.17) is 39.5 Å². The molecule has 28 heavy (non-hydrogen) atoms. The topological polar surface area (TPSA) is 75.7 Å². The third kappa shape index (κ3) is 4.29. The number of halogens is 3. The highest BCUT2D eigenvalue weighted by Crippen LogP contribution is 2.41. The van der Waals surface area contributed by atoms with Crippen LogP contribution < -0.4 is 5.32 Å². The first kappa shape index (κ1) is 22.5. The number of hydrogen-bond donors (Lipinski definition) is 1. The second kappa shape index (κ2) is 8.72. The zero-order chi connectivity index (χ0) is 21.1. The summed E-state index contributed by atoms with van der Waals surface area (Å²) in [7, 11) is 1.22. The Kier molecular flexibility index (Phi) is 7.02. The van der Waals surface area contributed by atoms with E-state index < -0.39 is 33.0 Å². The minimum absolute atomic E-state index is 0.0192. The van der Waals surface area contributed by atoms with Gasteiger partial charge in [0.1, 0.15) is 11.5 Å². The molecule has 2 rings (SSSR count). The molecule has 152 valence electrons. The fourth-order valence-corrected chi connectivity index (χ4v) is 3.60. The molecule has 1 saturated heterocycles. The average molecular weight is 448 g/mol.